The van der Waals surface area contributed by atoms with Crippen LogP contribution in [0.2, 0.25) is 5.02 Å². The van der Waals surface area contributed by atoms with Crippen molar-refractivity contribution >= 4 is 23.4 Å². The zero-order chi connectivity index (χ0) is 17.6. The highest BCUT2D eigenvalue weighted by atomic mass is 35.5. The molecule has 1 heterocycles. The third-order valence-electron chi connectivity index (χ3n) is 3.33. The van der Waals surface area contributed by atoms with Gasteiger partial charge in [-0.05, 0) is 36.0 Å². The van der Waals surface area contributed by atoms with E-state index in [0.29, 0.717) is 0 Å². The average Bonchev–Trinajstić information content (AvgIpc) is 2.68. The lowest BCUT2D eigenvalue weighted by Crippen LogP contribution is -2.17. The molecule has 2 nitrogen and oxygen atoms in total. The SMILES string of the molecule is OC1c2c(ccc(Oc3cc(F)cc(Cl)c3)c2C(F)F)SC1(F)F. The third-order valence-corrected chi connectivity index (χ3v) is 4.62. The van der Waals surface area contributed by atoms with Crippen LogP contribution in [-0.2, 0) is 0 Å². The van der Waals surface area contributed by atoms with Crippen LogP contribution in [0.15, 0.2) is 35.2 Å². The largest absolute Gasteiger partial charge is 0.457 e. The van der Waals surface area contributed by atoms with Gasteiger partial charge in [0.25, 0.3) is 6.43 Å². The summed E-state index contributed by atoms with van der Waals surface area (Å²) in [6.07, 6.45) is -5.57. The number of halogens is 6. The van der Waals surface area contributed by atoms with Gasteiger partial charge in [0.15, 0.2) is 6.10 Å². The normalized spacial score (nSPS) is 18.8. The summed E-state index contributed by atoms with van der Waals surface area (Å²) < 4.78 is 72.6. The van der Waals surface area contributed by atoms with Gasteiger partial charge in [0.2, 0.25) is 0 Å². The van der Waals surface area contributed by atoms with E-state index in [1.54, 1.807) is 0 Å². The first-order valence-corrected chi connectivity index (χ1v) is 7.72. The van der Waals surface area contributed by atoms with Crippen molar-refractivity contribution in [3.05, 3.63) is 52.3 Å². The van der Waals surface area contributed by atoms with Crippen molar-refractivity contribution in [2.24, 2.45) is 0 Å². The van der Waals surface area contributed by atoms with Crippen molar-refractivity contribution in [1.29, 1.82) is 0 Å². The molecule has 1 aliphatic rings. The zero-order valence-corrected chi connectivity index (χ0v) is 13.1. The summed E-state index contributed by atoms with van der Waals surface area (Å²) in [5.74, 6) is -1.38. The van der Waals surface area contributed by atoms with Crippen LogP contribution in [0.1, 0.15) is 23.7 Å². The molecular formula is C15H8ClF5O2S. The second-order valence-electron chi connectivity index (χ2n) is 4.96. The number of fused-ring (bicyclic) bond motifs is 1. The van der Waals surface area contributed by atoms with Crippen molar-refractivity contribution in [3.63, 3.8) is 0 Å². The summed E-state index contributed by atoms with van der Waals surface area (Å²) in [5, 5.41) is 6.04. The fraction of sp³-hybridized carbons (Fsp3) is 0.200. The van der Waals surface area contributed by atoms with E-state index in [1.165, 1.54) is 6.07 Å². The Bertz CT molecular complexity index is 779. The summed E-state index contributed by atoms with van der Waals surface area (Å²) in [4.78, 5) is -0.160. The van der Waals surface area contributed by atoms with Crippen LogP contribution in [0, 0.1) is 5.82 Å². The Morgan fingerprint density at radius 2 is 1.92 bits per heavy atom. The number of benzene rings is 2. The monoisotopic (exact) mass is 382 g/mol. The Morgan fingerprint density at radius 1 is 1.21 bits per heavy atom. The predicted molar refractivity (Wildman–Crippen MR) is 78.6 cm³/mol. The highest BCUT2D eigenvalue weighted by Crippen LogP contribution is 2.57. The van der Waals surface area contributed by atoms with Crippen LogP contribution >= 0.6 is 23.4 Å². The van der Waals surface area contributed by atoms with Gasteiger partial charge in [0.1, 0.15) is 17.3 Å². The number of rotatable bonds is 3. The van der Waals surface area contributed by atoms with Crippen molar-refractivity contribution in [1.82, 2.24) is 0 Å². The molecule has 9 heteroatoms. The molecule has 0 aliphatic carbocycles. The van der Waals surface area contributed by atoms with Gasteiger partial charge in [0.05, 0.1) is 5.56 Å². The molecule has 0 amide bonds. The van der Waals surface area contributed by atoms with E-state index in [9.17, 15) is 27.1 Å². The van der Waals surface area contributed by atoms with E-state index in [2.05, 4.69) is 0 Å². The molecule has 0 aromatic heterocycles. The van der Waals surface area contributed by atoms with Crippen LogP contribution in [0.4, 0.5) is 22.0 Å². The maximum absolute atomic E-state index is 13.6. The number of hydrogen-bond acceptors (Lipinski definition) is 3. The minimum atomic E-state index is -3.62. The zero-order valence-electron chi connectivity index (χ0n) is 11.6. The molecule has 0 fully saturated rings. The van der Waals surface area contributed by atoms with Crippen LogP contribution in [-0.4, -0.2) is 10.4 Å². The van der Waals surface area contributed by atoms with Gasteiger partial charge >= 0.3 is 5.25 Å². The molecular weight excluding hydrogens is 375 g/mol. The second-order valence-corrected chi connectivity index (χ2v) is 6.59. The van der Waals surface area contributed by atoms with E-state index in [1.807, 2.05) is 0 Å². The maximum Gasteiger partial charge on any atom is 0.327 e. The lowest BCUT2D eigenvalue weighted by atomic mass is 10.0. The Balaban J connectivity index is 2.09. The third kappa shape index (κ3) is 3.05. The number of hydrogen-bond donors (Lipinski definition) is 1. The highest BCUT2D eigenvalue weighted by molar-refractivity contribution is 8.00. The number of alkyl halides is 4. The molecule has 0 saturated heterocycles. The fourth-order valence-electron chi connectivity index (χ4n) is 2.37. The molecule has 24 heavy (non-hydrogen) atoms. The molecule has 1 atom stereocenters. The van der Waals surface area contributed by atoms with Crippen molar-refractivity contribution in [2.45, 2.75) is 22.7 Å². The Morgan fingerprint density at radius 3 is 2.54 bits per heavy atom. The minimum Gasteiger partial charge on any atom is -0.457 e. The molecule has 0 saturated carbocycles. The van der Waals surface area contributed by atoms with Gasteiger partial charge in [0, 0.05) is 21.5 Å². The molecule has 0 radical (unpaired) electrons. The van der Waals surface area contributed by atoms with Crippen LogP contribution in [0.3, 0.4) is 0 Å². The number of thioether (sulfide) groups is 1. The van der Waals surface area contributed by atoms with Gasteiger partial charge in [-0.25, -0.2) is 13.2 Å². The number of aliphatic hydroxyl groups excluding tert-OH is 1. The first-order valence-electron chi connectivity index (χ1n) is 6.53. The average molecular weight is 383 g/mol. The Kier molecular flexibility index (Phi) is 4.39. The van der Waals surface area contributed by atoms with Gasteiger partial charge in [-0.2, -0.15) is 8.78 Å². The van der Waals surface area contributed by atoms with Crippen molar-refractivity contribution in [2.75, 3.05) is 0 Å². The van der Waals surface area contributed by atoms with Gasteiger partial charge in [-0.15, -0.1) is 0 Å². The smallest absolute Gasteiger partial charge is 0.327 e. The maximum atomic E-state index is 13.6. The summed E-state index contributed by atoms with van der Waals surface area (Å²) >= 11 is 5.66. The highest BCUT2D eigenvalue weighted by Gasteiger charge is 2.50. The number of aliphatic hydroxyl groups is 1. The molecule has 0 bridgehead atoms. The van der Waals surface area contributed by atoms with E-state index in [0.717, 1.165) is 24.3 Å². The minimum absolute atomic E-state index is 0.000423. The molecule has 2 aromatic carbocycles. The lowest BCUT2D eigenvalue weighted by molar-refractivity contribution is -0.0327. The molecule has 2 aromatic rings. The Hall–Kier alpha value is -1.51. The summed E-state index contributed by atoms with van der Waals surface area (Å²) in [5.41, 5.74) is -1.44. The number of ether oxygens (including phenoxy) is 1. The summed E-state index contributed by atoms with van der Waals surface area (Å²) in [7, 11) is 0. The first-order chi connectivity index (χ1) is 11.2. The quantitative estimate of drug-likeness (QED) is 0.666. The van der Waals surface area contributed by atoms with E-state index < -0.39 is 40.5 Å². The van der Waals surface area contributed by atoms with Crippen LogP contribution in [0.5, 0.6) is 11.5 Å². The topological polar surface area (TPSA) is 29.5 Å². The van der Waals surface area contributed by atoms with Crippen molar-refractivity contribution in [3.8, 4) is 11.5 Å². The molecule has 1 N–H and O–H groups in total. The van der Waals surface area contributed by atoms with E-state index in [4.69, 9.17) is 16.3 Å². The lowest BCUT2D eigenvalue weighted by Gasteiger charge is -2.17. The molecule has 1 aliphatic heterocycles. The van der Waals surface area contributed by atoms with E-state index in [-0.39, 0.29) is 27.4 Å². The molecule has 0 spiro atoms. The van der Waals surface area contributed by atoms with Crippen molar-refractivity contribution < 1.29 is 31.8 Å². The van der Waals surface area contributed by atoms with E-state index >= 15 is 0 Å². The van der Waals surface area contributed by atoms with Gasteiger partial charge in [-0.3, -0.25) is 0 Å². The van der Waals surface area contributed by atoms with Crippen LogP contribution < -0.4 is 4.74 Å². The summed E-state index contributed by atoms with van der Waals surface area (Å²) in [6.45, 7) is 0. The second kappa shape index (κ2) is 6.09. The Labute approximate surface area is 142 Å². The molecule has 128 valence electrons. The predicted octanol–water partition coefficient (Wildman–Crippen LogP) is 5.94. The van der Waals surface area contributed by atoms with Gasteiger partial charge < -0.3 is 9.84 Å². The standard InChI is InChI=1S/C15H8ClF5O2S/c16-6-3-7(17)5-8(4-6)23-9-1-2-10-12(11(9)14(18)19)13(22)15(20,21)24-10/h1-5,13-14,22H. The molecule has 1 unspecified atom stereocenters. The first kappa shape index (κ1) is 17.3. The van der Waals surface area contributed by atoms with Gasteiger partial charge in [-0.1, -0.05) is 11.6 Å². The molecule has 3 rings (SSSR count). The summed E-state index contributed by atoms with van der Waals surface area (Å²) in [6, 6.07) is 5.31. The van der Waals surface area contributed by atoms with Crippen LogP contribution in [0.25, 0.3) is 0 Å². The fourth-order valence-corrected chi connectivity index (χ4v) is 3.57.